The van der Waals surface area contributed by atoms with Gasteiger partial charge in [0, 0.05) is 31.2 Å². The SMILES string of the molecule is COc1ccc(-c2nc(CN3CCNC[C@@H]3C)no2)cc1. The Hall–Kier alpha value is -1.92. The summed E-state index contributed by atoms with van der Waals surface area (Å²) in [6.45, 7) is 5.95. The molecule has 2 heterocycles. The Balaban J connectivity index is 1.70. The standard InChI is InChI=1S/C15H20N4O2/c1-11-9-16-7-8-19(11)10-14-17-15(21-18-14)12-3-5-13(20-2)6-4-12/h3-6,11,16H,7-10H2,1-2H3/t11-/m0/s1. The smallest absolute Gasteiger partial charge is 0.257 e. The van der Waals surface area contributed by atoms with E-state index >= 15 is 0 Å². The van der Waals surface area contributed by atoms with E-state index in [2.05, 4.69) is 27.3 Å². The van der Waals surface area contributed by atoms with Crippen molar-refractivity contribution in [2.24, 2.45) is 0 Å². The van der Waals surface area contributed by atoms with Crippen molar-refractivity contribution in [2.45, 2.75) is 19.5 Å². The van der Waals surface area contributed by atoms with Gasteiger partial charge in [-0.3, -0.25) is 4.90 Å². The lowest BCUT2D eigenvalue weighted by atomic mass is 10.2. The average molecular weight is 288 g/mol. The molecule has 21 heavy (non-hydrogen) atoms. The molecule has 3 rings (SSSR count). The minimum Gasteiger partial charge on any atom is -0.497 e. The molecule has 1 aromatic carbocycles. The largest absolute Gasteiger partial charge is 0.497 e. The van der Waals surface area contributed by atoms with Gasteiger partial charge in [0.1, 0.15) is 5.75 Å². The van der Waals surface area contributed by atoms with Gasteiger partial charge in [0.05, 0.1) is 13.7 Å². The van der Waals surface area contributed by atoms with E-state index in [0.29, 0.717) is 11.9 Å². The molecule has 2 aromatic rings. The van der Waals surface area contributed by atoms with Crippen LogP contribution in [0.5, 0.6) is 5.75 Å². The zero-order valence-electron chi connectivity index (χ0n) is 12.4. The number of piperazine rings is 1. The zero-order chi connectivity index (χ0) is 14.7. The van der Waals surface area contributed by atoms with Gasteiger partial charge < -0.3 is 14.6 Å². The van der Waals surface area contributed by atoms with Gasteiger partial charge in [0.2, 0.25) is 0 Å². The summed E-state index contributed by atoms with van der Waals surface area (Å²) in [5.74, 6) is 2.10. The summed E-state index contributed by atoms with van der Waals surface area (Å²) < 4.78 is 10.5. The van der Waals surface area contributed by atoms with Crippen molar-refractivity contribution in [3.63, 3.8) is 0 Å². The van der Waals surface area contributed by atoms with Gasteiger partial charge in [-0.1, -0.05) is 5.16 Å². The molecule has 0 radical (unpaired) electrons. The molecule has 1 aromatic heterocycles. The maximum absolute atomic E-state index is 5.36. The molecule has 6 heteroatoms. The number of nitrogens with one attached hydrogen (secondary N) is 1. The highest BCUT2D eigenvalue weighted by Gasteiger charge is 2.20. The third-order valence-corrected chi connectivity index (χ3v) is 3.79. The van der Waals surface area contributed by atoms with Crippen molar-refractivity contribution in [1.29, 1.82) is 0 Å². The van der Waals surface area contributed by atoms with E-state index in [1.807, 2.05) is 24.3 Å². The number of rotatable bonds is 4. The number of hydrogen-bond donors (Lipinski definition) is 1. The van der Waals surface area contributed by atoms with Crippen LogP contribution in [0.4, 0.5) is 0 Å². The van der Waals surface area contributed by atoms with Crippen molar-refractivity contribution in [2.75, 3.05) is 26.7 Å². The summed E-state index contributed by atoms with van der Waals surface area (Å²) in [5, 5.41) is 7.46. The predicted octanol–water partition coefficient (Wildman–Crippen LogP) is 1.54. The summed E-state index contributed by atoms with van der Waals surface area (Å²) in [6, 6.07) is 8.10. The topological polar surface area (TPSA) is 63.4 Å². The quantitative estimate of drug-likeness (QED) is 0.920. The Kier molecular flexibility index (Phi) is 4.17. The lowest BCUT2D eigenvalue weighted by Crippen LogP contribution is -2.49. The number of nitrogens with zero attached hydrogens (tertiary/aromatic N) is 3. The van der Waals surface area contributed by atoms with Gasteiger partial charge in [0.15, 0.2) is 5.82 Å². The van der Waals surface area contributed by atoms with Gasteiger partial charge in [-0.15, -0.1) is 0 Å². The average Bonchev–Trinajstić information content (AvgIpc) is 2.98. The minimum atomic E-state index is 0.488. The molecule has 0 bridgehead atoms. The lowest BCUT2D eigenvalue weighted by Gasteiger charge is -2.32. The molecule has 0 amide bonds. The van der Waals surface area contributed by atoms with Crippen LogP contribution in [0.2, 0.25) is 0 Å². The van der Waals surface area contributed by atoms with Crippen LogP contribution in [-0.2, 0) is 6.54 Å². The van der Waals surface area contributed by atoms with Crippen LogP contribution in [-0.4, -0.2) is 47.8 Å². The zero-order valence-corrected chi connectivity index (χ0v) is 12.4. The molecular formula is C15H20N4O2. The van der Waals surface area contributed by atoms with Crippen molar-refractivity contribution in [3.8, 4) is 17.2 Å². The van der Waals surface area contributed by atoms with Gasteiger partial charge >= 0.3 is 0 Å². The molecular weight excluding hydrogens is 268 g/mol. The first kappa shape index (κ1) is 14.0. The van der Waals surface area contributed by atoms with E-state index in [1.165, 1.54) is 0 Å². The highest BCUT2D eigenvalue weighted by Crippen LogP contribution is 2.21. The van der Waals surface area contributed by atoms with E-state index in [1.54, 1.807) is 7.11 Å². The fraction of sp³-hybridized carbons (Fsp3) is 0.467. The Morgan fingerprint density at radius 1 is 1.38 bits per heavy atom. The fourth-order valence-electron chi connectivity index (χ4n) is 2.47. The molecule has 1 aliphatic heterocycles. The highest BCUT2D eigenvalue weighted by atomic mass is 16.5. The number of ether oxygens (including phenoxy) is 1. The summed E-state index contributed by atoms with van der Waals surface area (Å²) in [4.78, 5) is 6.84. The monoisotopic (exact) mass is 288 g/mol. The number of methoxy groups -OCH3 is 1. The van der Waals surface area contributed by atoms with E-state index in [9.17, 15) is 0 Å². The lowest BCUT2D eigenvalue weighted by molar-refractivity contribution is 0.160. The van der Waals surface area contributed by atoms with E-state index < -0.39 is 0 Å². The van der Waals surface area contributed by atoms with Crippen molar-refractivity contribution in [3.05, 3.63) is 30.1 Å². The molecule has 1 fully saturated rings. The fourth-order valence-corrected chi connectivity index (χ4v) is 2.47. The number of aromatic nitrogens is 2. The van der Waals surface area contributed by atoms with Crippen molar-refractivity contribution >= 4 is 0 Å². The van der Waals surface area contributed by atoms with Crippen LogP contribution >= 0.6 is 0 Å². The van der Waals surface area contributed by atoms with Crippen molar-refractivity contribution in [1.82, 2.24) is 20.4 Å². The normalized spacial score (nSPS) is 19.6. The third-order valence-electron chi connectivity index (χ3n) is 3.79. The minimum absolute atomic E-state index is 0.488. The molecule has 0 spiro atoms. The van der Waals surface area contributed by atoms with E-state index in [4.69, 9.17) is 9.26 Å². The van der Waals surface area contributed by atoms with Crippen LogP contribution in [0.3, 0.4) is 0 Å². The van der Waals surface area contributed by atoms with E-state index in [0.717, 1.165) is 43.3 Å². The first-order valence-corrected chi connectivity index (χ1v) is 7.18. The van der Waals surface area contributed by atoms with Gasteiger partial charge in [0.25, 0.3) is 5.89 Å². The molecule has 0 unspecified atom stereocenters. The molecule has 1 atom stereocenters. The van der Waals surface area contributed by atoms with Crippen LogP contribution in [0, 0.1) is 0 Å². The molecule has 1 N–H and O–H groups in total. The third kappa shape index (κ3) is 3.22. The van der Waals surface area contributed by atoms with E-state index in [-0.39, 0.29) is 0 Å². The Morgan fingerprint density at radius 3 is 2.90 bits per heavy atom. The highest BCUT2D eigenvalue weighted by molar-refractivity contribution is 5.54. The predicted molar refractivity (Wildman–Crippen MR) is 79.0 cm³/mol. The summed E-state index contributed by atoms with van der Waals surface area (Å²) in [5.41, 5.74) is 0.905. The number of benzene rings is 1. The molecule has 0 saturated carbocycles. The van der Waals surface area contributed by atoms with Crippen LogP contribution < -0.4 is 10.1 Å². The Labute approximate surface area is 124 Å². The number of hydrogen-bond acceptors (Lipinski definition) is 6. The summed E-state index contributed by atoms with van der Waals surface area (Å²) >= 11 is 0. The molecule has 112 valence electrons. The second-order valence-corrected chi connectivity index (χ2v) is 5.27. The molecule has 0 aliphatic carbocycles. The second-order valence-electron chi connectivity index (χ2n) is 5.27. The van der Waals surface area contributed by atoms with Crippen LogP contribution in [0.15, 0.2) is 28.8 Å². The van der Waals surface area contributed by atoms with Crippen molar-refractivity contribution < 1.29 is 9.26 Å². The Morgan fingerprint density at radius 2 is 2.19 bits per heavy atom. The van der Waals surface area contributed by atoms with Crippen LogP contribution in [0.25, 0.3) is 11.5 Å². The molecule has 1 saturated heterocycles. The van der Waals surface area contributed by atoms with Gasteiger partial charge in [-0.2, -0.15) is 4.98 Å². The summed E-state index contributed by atoms with van der Waals surface area (Å²) in [6.07, 6.45) is 0. The first-order chi connectivity index (χ1) is 10.3. The second kappa shape index (κ2) is 6.24. The molecule has 6 nitrogen and oxygen atoms in total. The summed E-state index contributed by atoms with van der Waals surface area (Å²) in [7, 11) is 1.65. The first-order valence-electron chi connectivity index (χ1n) is 7.18. The maximum atomic E-state index is 5.36. The van der Waals surface area contributed by atoms with Crippen LogP contribution in [0.1, 0.15) is 12.7 Å². The Bertz CT molecular complexity index is 582. The van der Waals surface area contributed by atoms with Gasteiger partial charge in [-0.05, 0) is 31.2 Å². The van der Waals surface area contributed by atoms with Gasteiger partial charge in [-0.25, -0.2) is 0 Å². The maximum Gasteiger partial charge on any atom is 0.257 e. The molecule has 1 aliphatic rings.